The average Bonchev–Trinajstić information content (AvgIpc) is 4.48. The third-order valence-corrected chi connectivity index (χ3v) is 11.4. The first-order valence-electron chi connectivity index (χ1n) is 32.1. The van der Waals surface area contributed by atoms with Gasteiger partial charge in [0.1, 0.15) is 0 Å². The van der Waals surface area contributed by atoms with Crippen molar-refractivity contribution in [3.63, 3.8) is 0 Å². The summed E-state index contributed by atoms with van der Waals surface area (Å²) in [6.45, 7) is 58.0. The van der Waals surface area contributed by atoms with Crippen LogP contribution in [0.15, 0.2) is 180 Å². The van der Waals surface area contributed by atoms with Gasteiger partial charge >= 0.3 is 0 Å². The van der Waals surface area contributed by atoms with Gasteiger partial charge in [-0.3, -0.25) is 24.7 Å². The second-order valence-electron chi connectivity index (χ2n) is 19.5. The summed E-state index contributed by atoms with van der Waals surface area (Å²) in [5, 5.41) is 9.41. The number of rotatable bonds is 7. The van der Waals surface area contributed by atoms with Crippen LogP contribution >= 0.6 is 0 Å². The molecule has 0 amide bonds. The summed E-state index contributed by atoms with van der Waals surface area (Å²) in [5.74, 6) is 3.79. The molecule has 6 aromatic heterocycles. The van der Waals surface area contributed by atoms with Gasteiger partial charge in [-0.1, -0.05) is 273 Å². The molecule has 9 nitrogen and oxygen atoms in total. The molecule has 0 aliphatic heterocycles. The van der Waals surface area contributed by atoms with Crippen LogP contribution in [0.5, 0.6) is 0 Å². The van der Waals surface area contributed by atoms with Gasteiger partial charge in [0.2, 0.25) is 5.56 Å². The fourth-order valence-corrected chi connectivity index (χ4v) is 6.68. The highest BCUT2D eigenvalue weighted by molar-refractivity contribution is 5.80. The first-order valence-corrected chi connectivity index (χ1v) is 32.1. The normalized spacial score (nSPS) is 9.31. The fourth-order valence-electron chi connectivity index (χ4n) is 6.68. The van der Waals surface area contributed by atoms with Gasteiger partial charge in [0.25, 0.3) is 5.56 Å². The van der Waals surface area contributed by atoms with Crippen LogP contribution in [-0.4, -0.2) is 35.1 Å². The topological polar surface area (TPSA) is 136 Å². The number of hydrogen-bond acceptors (Lipinski definition) is 5. The van der Waals surface area contributed by atoms with Crippen molar-refractivity contribution in [3.8, 4) is 0 Å². The van der Waals surface area contributed by atoms with Crippen molar-refractivity contribution in [1.82, 2.24) is 35.1 Å². The maximum absolute atomic E-state index is 11.0. The number of hydrogen-bond donors (Lipinski definition) is 4. The number of benzene rings is 3. The molecule has 85 heavy (non-hydrogen) atoms. The Morgan fingerprint density at radius 3 is 1.24 bits per heavy atom. The Hall–Kier alpha value is -7.13. The van der Waals surface area contributed by atoms with Crippen molar-refractivity contribution in [2.24, 2.45) is 0 Å². The highest BCUT2D eigenvalue weighted by Crippen LogP contribution is 2.21. The minimum Gasteiger partial charge on any atom is -0.361 e. The standard InChI is InChI=1S/C11H13N.C10H12N2.C9H12.2C8H11NO.2C8H11N.7C2H6/c1-8(2)10-4-3-9-5-6-12-11(9)7-10;1-7(2)8-3-4-9-6-11-12-10(9)5-8;1-8(2)9-6-4-3-5-7-9;1-6(2)7-3-4-8(10)9-5-7;1-6(2)7-4-3-5-9-8(7)10;1-7(2)8-4-3-5-9-6-8;1-7(2)8-5-3-4-6-9-8;7*1-2/h3-8,12H,1-2H3;3-7H,1-2H3,(H,11,12);3-8H,1-2H3;2*3-6H,1-2H3,(H,9,10);2*3-7H,1-2H3;7*1-2H3. The number of nitrogens with one attached hydrogen (secondary N) is 4. The molecule has 4 N–H and O–H groups in total. The predicted molar refractivity (Wildman–Crippen MR) is 381 cm³/mol. The van der Waals surface area contributed by atoms with Crippen molar-refractivity contribution in [2.75, 3.05) is 0 Å². The monoisotopic (exact) mass is 1170 g/mol. The third-order valence-electron chi connectivity index (χ3n) is 11.4. The van der Waals surface area contributed by atoms with Crippen LogP contribution in [0.1, 0.15) is 274 Å². The molecular weight excluding hydrogens is 1040 g/mol. The van der Waals surface area contributed by atoms with E-state index in [1.165, 1.54) is 44.1 Å². The molecule has 0 bridgehead atoms. The van der Waals surface area contributed by atoms with E-state index in [1.807, 2.05) is 184 Å². The number of aromatic amines is 4. The highest BCUT2D eigenvalue weighted by atomic mass is 16.1. The average molecular weight is 1170 g/mol. The van der Waals surface area contributed by atoms with E-state index >= 15 is 0 Å². The minimum atomic E-state index is -0.0376. The van der Waals surface area contributed by atoms with Crippen LogP contribution in [-0.2, 0) is 0 Å². The molecule has 0 aliphatic carbocycles. The number of fused-ring (bicyclic) bond motifs is 2. The summed E-state index contributed by atoms with van der Waals surface area (Å²) in [4.78, 5) is 38.2. The van der Waals surface area contributed by atoms with E-state index in [-0.39, 0.29) is 11.1 Å². The SMILES string of the molecule is CC.CC.CC.CC.CC.CC.CC.CC(C)c1ccc(=O)[nH]c1.CC(C)c1ccc2cc[nH]c2c1.CC(C)c1ccc2cn[nH]c2c1.CC(C)c1ccc[nH]c1=O.CC(C)c1ccccc1.CC(C)c1ccccn1.CC(C)c1cccnc1. The van der Waals surface area contributed by atoms with Gasteiger partial charge < -0.3 is 15.0 Å². The highest BCUT2D eigenvalue weighted by Gasteiger charge is 2.03. The molecule has 9 heteroatoms. The van der Waals surface area contributed by atoms with E-state index in [2.05, 4.69) is 191 Å². The van der Waals surface area contributed by atoms with E-state index in [0.29, 0.717) is 41.4 Å². The Bertz CT molecular complexity index is 2710. The zero-order valence-corrected chi connectivity index (χ0v) is 58.9. The lowest BCUT2D eigenvalue weighted by atomic mass is 10.0. The van der Waals surface area contributed by atoms with E-state index in [9.17, 15) is 9.59 Å². The second kappa shape index (κ2) is 57.3. The molecular formula is C76H123N7O2. The van der Waals surface area contributed by atoms with Crippen molar-refractivity contribution in [3.05, 3.63) is 231 Å². The Labute approximate surface area is 520 Å². The molecule has 0 unspecified atom stereocenters. The van der Waals surface area contributed by atoms with Crippen LogP contribution in [0.2, 0.25) is 0 Å². The molecule has 9 rings (SSSR count). The van der Waals surface area contributed by atoms with Gasteiger partial charge in [-0.25, -0.2) is 0 Å². The molecule has 0 aliphatic rings. The number of H-pyrrole nitrogens is 4. The summed E-state index contributed by atoms with van der Waals surface area (Å²) in [7, 11) is 0. The van der Waals surface area contributed by atoms with Crippen LogP contribution in [0.4, 0.5) is 0 Å². The zero-order chi connectivity index (χ0) is 66.3. The van der Waals surface area contributed by atoms with E-state index in [0.717, 1.165) is 16.8 Å². The summed E-state index contributed by atoms with van der Waals surface area (Å²) < 4.78 is 0. The molecule has 0 saturated heterocycles. The van der Waals surface area contributed by atoms with Gasteiger partial charge in [0.05, 0.1) is 11.7 Å². The van der Waals surface area contributed by atoms with Crippen LogP contribution in [0.3, 0.4) is 0 Å². The smallest absolute Gasteiger partial charge is 0.251 e. The Balaban J connectivity index is -0.000000283. The van der Waals surface area contributed by atoms with Gasteiger partial charge in [-0.15, -0.1) is 0 Å². The molecule has 474 valence electrons. The fraction of sp³-hybridized carbons (Fsp3) is 0.461. The van der Waals surface area contributed by atoms with Crippen molar-refractivity contribution < 1.29 is 0 Å². The van der Waals surface area contributed by atoms with Crippen molar-refractivity contribution in [2.45, 2.75) is 235 Å². The summed E-state index contributed by atoms with van der Waals surface area (Å²) in [6.07, 6.45) is 12.8. The lowest BCUT2D eigenvalue weighted by Crippen LogP contribution is -2.11. The molecule has 0 radical (unpaired) electrons. The van der Waals surface area contributed by atoms with Crippen LogP contribution < -0.4 is 11.1 Å². The summed E-state index contributed by atoms with van der Waals surface area (Å²) >= 11 is 0. The molecule has 0 saturated carbocycles. The van der Waals surface area contributed by atoms with Crippen molar-refractivity contribution in [1.29, 1.82) is 0 Å². The Kier molecular flexibility index (Phi) is 58.4. The van der Waals surface area contributed by atoms with Crippen LogP contribution in [0.25, 0.3) is 21.8 Å². The van der Waals surface area contributed by atoms with E-state index in [4.69, 9.17) is 0 Å². The molecule has 6 heterocycles. The lowest BCUT2D eigenvalue weighted by molar-refractivity contribution is 0.823. The maximum atomic E-state index is 11.0. The number of nitrogens with zero attached hydrogens (tertiary/aromatic N) is 3. The maximum Gasteiger partial charge on any atom is 0.251 e. The van der Waals surface area contributed by atoms with Gasteiger partial charge in [0.15, 0.2) is 0 Å². The van der Waals surface area contributed by atoms with Crippen LogP contribution in [0, 0.1) is 0 Å². The Morgan fingerprint density at radius 2 is 0.847 bits per heavy atom. The van der Waals surface area contributed by atoms with Gasteiger partial charge in [-0.05, 0) is 117 Å². The first kappa shape index (κ1) is 86.7. The lowest BCUT2D eigenvalue weighted by Gasteiger charge is -2.03. The minimum absolute atomic E-state index is 0.0255. The first-order chi connectivity index (χ1) is 40.9. The largest absolute Gasteiger partial charge is 0.361 e. The molecule has 9 aromatic rings. The zero-order valence-electron chi connectivity index (χ0n) is 58.9. The van der Waals surface area contributed by atoms with E-state index in [1.54, 1.807) is 24.7 Å². The summed E-state index contributed by atoms with van der Waals surface area (Å²) in [5.41, 5.74) is 11.0. The molecule has 3 aromatic carbocycles. The number of aromatic nitrogens is 7. The third kappa shape index (κ3) is 39.9. The van der Waals surface area contributed by atoms with Gasteiger partial charge in [-0.2, -0.15) is 5.10 Å². The molecule has 0 fully saturated rings. The van der Waals surface area contributed by atoms with E-state index < -0.39 is 0 Å². The predicted octanol–water partition coefficient (Wildman–Crippen LogP) is 23.4. The second-order valence-corrected chi connectivity index (χ2v) is 19.5. The van der Waals surface area contributed by atoms with Crippen molar-refractivity contribution >= 4 is 21.8 Å². The number of pyridine rings is 4. The Morgan fingerprint density at radius 1 is 0.353 bits per heavy atom. The molecule has 0 spiro atoms. The molecule has 0 atom stereocenters. The quantitative estimate of drug-likeness (QED) is 0.126. The summed E-state index contributed by atoms with van der Waals surface area (Å²) in [6, 6.07) is 42.8. The van der Waals surface area contributed by atoms with Gasteiger partial charge in [0, 0.05) is 65.4 Å².